The predicted octanol–water partition coefficient (Wildman–Crippen LogP) is 4.19. The van der Waals surface area contributed by atoms with Crippen molar-refractivity contribution in [2.24, 2.45) is 0 Å². The van der Waals surface area contributed by atoms with E-state index in [1.165, 1.54) is 0 Å². The summed E-state index contributed by atoms with van der Waals surface area (Å²) in [5.41, 5.74) is 2.40. The van der Waals surface area contributed by atoms with Gasteiger partial charge in [-0.05, 0) is 30.7 Å². The van der Waals surface area contributed by atoms with E-state index in [1.807, 2.05) is 27.7 Å². The van der Waals surface area contributed by atoms with Crippen molar-refractivity contribution >= 4 is 28.5 Å². The van der Waals surface area contributed by atoms with Crippen molar-refractivity contribution in [3.05, 3.63) is 40.0 Å². The van der Waals surface area contributed by atoms with Crippen LogP contribution < -0.4 is 0 Å². The Bertz CT molecular complexity index is 672. The van der Waals surface area contributed by atoms with Gasteiger partial charge in [-0.1, -0.05) is 32.4 Å². The van der Waals surface area contributed by atoms with Gasteiger partial charge in [0.05, 0.1) is 11.1 Å². The number of fused-ring (bicyclic) bond motifs is 1. The molecule has 0 aliphatic rings. The number of pyridine rings is 1. The Kier molecular flexibility index (Phi) is 3.27. The van der Waals surface area contributed by atoms with Gasteiger partial charge in [0.1, 0.15) is 0 Å². The number of hydrogen-bond donors (Lipinski definition) is 1. The van der Waals surface area contributed by atoms with Gasteiger partial charge in [0.25, 0.3) is 0 Å². The first-order valence-electron chi connectivity index (χ1n) is 6.05. The molecule has 1 aromatic heterocycles. The van der Waals surface area contributed by atoms with Crippen molar-refractivity contribution in [2.75, 3.05) is 0 Å². The molecule has 100 valence electrons. The summed E-state index contributed by atoms with van der Waals surface area (Å²) in [7, 11) is 0. The zero-order valence-electron chi connectivity index (χ0n) is 11.4. The number of aryl methyl sites for hydroxylation is 1. The molecule has 0 saturated carbocycles. The minimum atomic E-state index is -0.959. The lowest BCUT2D eigenvalue weighted by Gasteiger charge is -2.19. The normalized spacial score (nSPS) is 11.8. The van der Waals surface area contributed by atoms with Crippen LogP contribution in [-0.2, 0) is 5.41 Å². The Labute approximate surface area is 117 Å². The molecule has 0 saturated heterocycles. The third-order valence-corrected chi connectivity index (χ3v) is 3.29. The second-order valence-corrected chi connectivity index (χ2v) is 6.17. The lowest BCUT2D eigenvalue weighted by atomic mass is 9.89. The van der Waals surface area contributed by atoms with Crippen LogP contribution in [0.3, 0.4) is 0 Å². The summed E-state index contributed by atoms with van der Waals surface area (Å²) >= 11 is 6.01. The molecular formula is C15H16ClNO2. The van der Waals surface area contributed by atoms with Crippen molar-refractivity contribution < 1.29 is 9.90 Å². The number of carboxylic acids is 1. The fourth-order valence-electron chi connectivity index (χ4n) is 2.02. The molecule has 19 heavy (non-hydrogen) atoms. The molecule has 0 unspecified atom stereocenters. The molecule has 0 aliphatic heterocycles. The molecule has 0 fully saturated rings. The first-order chi connectivity index (χ1) is 8.70. The van der Waals surface area contributed by atoms with Crippen molar-refractivity contribution in [3.63, 3.8) is 0 Å². The van der Waals surface area contributed by atoms with Gasteiger partial charge in [-0.2, -0.15) is 0 Å². The number of hydrogen-bond acceptors (Lipinski definition) is 2. The first kappa shape index (κ1) is 13.8. The molecule has 2 rings (SSSR count). The average Bonchev–Trinajstić information content (AvgIpc) is 2.25. The molecule has 0 radical (unpaired) electrons. The van der Waals surface area contributed by atoms with E-state index in [9.17, 15) is 9.90 Å². The lowest BCUT2D eigenvalue weighted by molar-refractivity contribution is 0.0699. The summed E-state index contributed by atoms with van der Waals surface area (Å²) in [4.78, 5) is 16.1. The smallest absolute Gasteiger partial charge is 0.336 e. The standard InChI is InChI=1S/C15H16ClNO2/c1-8-5-9(16)6-10-11(14(18)19)7-12(15(2,3)4)17-13(8)10/h5-7H,1-4H3,(H,18,19). The van der Waals surface area contributed by atoms with E-state index in [-0.39, 0.29) is 11.0 Å². The molecular weight excluding hydrogens is 262 g/mol. The van der Waals surface area contributed by atoms with Gasteiger partial charge in [-0.25, -0.2) is 4.79 Å². The number of halogens is 1. The highest BCUT2D eigenvalue weighted by Gasteiger charge is 2.21. The SMILES string of the molecule is Cc1cc(Cl)cc2c(C(=O)O)cc(C(C)(C)C)nc12. The molecule has 0 amide bonds. The Morgan fingerprint density at radius 2 is 1.89 bits per heavy atom. The number of aromatic carboxylic acids is 1. The summed E-state index contributed by atoms with van der Waals surface area (Å²) in [6, 6.07) is 5.10. The number of carbonyl (C=O) groups is 1. The van der Waals surface area contributed by atoms with Crippen LogP contribution in [0, 0.1) is 6.92 Å². The monoisotopic (exact) mass is 277 g/mol. The van der Waals surface area contributed by atoms with Crippen LogP contribution in [0.2, 0.25) is 5.02 Å². The molecule has 0 spiro atoms. The van der Waals surface area contributed by atoms with Crippen molar-refractivity contribution in [3.8, 4) is 0 Å². The van der Waals surface area contributed by atoms with Gasteiger partial charge in [-0.15, -0.1) is 0 Å². The molecule has 1 heterocycles. The molecule has 0 aliphatic carbocycles. The minimum absolute atomic E-state index is 0.204. The maximum Gasteiger partial charge on any atom is 0.336 e. The fourth-order valence-corrected chi connectivity index (χ4v) is 2.29. The number of aromatic nitrogens is 1. The number of rotatable bonds is 1. The van der Waals surface area contributed by atoms with Crippen molar-refractivity contribution in [1.29, 1.82) is 0 Å². The Balaban J connectivity index is 2.92. The summed E-state index contributed by atoms with van der Waals surface area (Å²) in [5.74, 6) is -0.959. The third-order valence-electron chi connectivity index (χ3n) is 3.07. The highest BCUT2D eigenvalue weighted by Crippen LogP contribution is 2.29. The van der Waals surface area contributed by atoms with Gasteiger partial charge in [0.2, 0.25) is 0 Å². The topological polar surface area (TPSA) is 50.2 Å². The van der Waals surface area contributed by atoms with E-state index < -0.39 is 5.97 Å². The van der Waals surface area contributed by atoms with E-state index in [2.05, 4.69) is 4.98 Å². The van der Waals surface area contributed by atoms with Gasteiger partial charge in [0, 0.05) is 21.5 Å². The van der Waals surface area contributed by atoms with Crippen molar-refractivity contribution in [2.45, 2.75) is 33.1 Å². The highest BCUT2D eigenvalue weighted by atomic mass is 35.5. The lowest BCUT2D eigenvalue weighted by Crippen LogP contribution is -2.15. The second kappa shape index (κ2) is 4.49. The van der Waals surface area contributed by atoms with Gasteiger partial charge >= 0.3 is 5.97 Å². The van der Waals surface area contributed by atoms with Crippen LogP contribution in [0.25, 0.3) is 10.9 Å². The summed E-state index contributed by atoms with van der Waals surface area (Å²) in [5, 5.41) is 10.5. The summed E-state index contributed by atoms with van der Waals surface area (Å²) in [6.07, 6.45) is 0. The van der Waals surface area contributed by atoms with Crippen LogP contribution in [-0.4, -0.2) is 16.1 Å². The zero-order chi connectivity index (χ0) is 14.4. The van der Waals surface area contributed by atoms with Crippen LogP contribution >= 0.6 is 11.6 Å². The van der Waals surface area contributed by atoms with Crippen LogP contribution in [0.5, 0.6) is 0 Å². The van der Waals surface area contributed by atoms with E-state index in [0.29, 0.717) is 15.9 Å². The van der Waals surface area contributed by atoms with E-state index in [4.69, 9.17) is 11.6 Å². The van der Waals surface area contributed by atoms with Crippen LogP contribution in [0.1, 0.15) is 42.4 Å². The summed E-state index contributed by atoms with van der Waals surface area (Å²) in [6.45, 7) is 7.92. The first-order valence-corrected chi connectivity index (χ1v) is 6.42. The quantitative estimate of drug-likeness (QED) is 0.850. The number of nitrogens with zero attached hydrogens (tertiary/aromatic N) is 1. The molecule has 0 atom stereocenters. The molecule has 4 heteroatoms. The molecule has 1 aromatic carbocycles. The highest BCUT2D eigenvalue weighted by molar-refractivity contribution is 6.31. The van der Waals surface area contributed by atoms with E-state index >= 15 is 0 Å². The van der Waals surface area contributed by atoms with Gasteiger partial charge < -0.3 is 5.11 Å². The third kappa shape index (κ3) is 2.56. The van der Waals surface area contributed by atoms with Gasteiger partial charge in [0.15, 0.2) is 0 Å². The Hall–Kier alpha value is -1.61. The predicted molar refractivity (Wildman–Crippen MR) is 77.1 cm³/mol. The average molecular weight is 278 g/mol. The van der Waals surface area contributed by atoms with Crippen molar-refractivity contribution in [1.82, 2.24) is 4.98 Å². The van der Waals surface area contributed by atoms with E-state index in [1.54, 1.807) is 18.2 Å². The summed E-state index contributed by atoms with van der Waals surface area (Å²) < 4.78 is 0. The fraction of sp³-hybridized carbons (Fsp3) is 0.333. The van der Waals surface area contributed by atoms with E-state index in [0.717, 1.165) is 11.3 Å². The molecule has 3 nitrogen and oxygen atoms in total. The number of benzene rings is 1. The maximum atomic E-state index is 11.4. The maximum absolute atomic E-state index is 11.4. The second-order valence-electron chi connectivity index (χ2n) is 5.73. The Morgan fingerprint density at radius 3 is 2.42 bits per heavy atom. The van der Waals surface area contributed by atoms with Crippen LogP contribution in [0.15, 0.2) is 18.2 Å². The minimum Gasteiger partial charge on any atom is -0.478 e. The van der Waals surface area contributed by atoms with Crippen LogP contribution in [0.4, 0.5) is 0 Å². The molecule has 1 N–H and O–H groups in total. The molecule has 0 bridgehead atoms. The largest absolute Gasteiger partial charge is 0.478 e. The van der Waals surface area contributed by atoms with Gasteiger partial charge in [-0.3, -0.25) is 4.98 Å². The zero-order valence-corrected chi connectivity index (χ0v) is 12.2. The Morgan fingerprint density at radius 1 is 1.26 bits per heavy atom. The number of carboxylic acid groups (broad SMARTS) is 1. The molecule has 2 aromatic rings.